The Morgan fingerprint density at radius 2 is 1.90 bits per heavy atom. The van der Waals surface area contributed by atoms with Gasteiger partial charge in [0.15, 0.2) is 0 Å². The predicted octanol–water partition coefficient (Wildman–Crippen LogP) is 3.74. The summed E-state index contributed by atoms with van der Waals surface area (Å²) >= 11 is 5.93. The molecule has 0 aliphatic carbocycles. The van der Waals surface area contributed by atoms with Gasteiger partial charge in [-0.25, -0.2) is 0 Å². The number of nitrogens with zero attached hydrogens (tertiary/aromatic N) is 1. The van der Waals surface area contributed by atoms with Crippen molar-refractivity contribution >= 4 is 35.0 Å². The first kappa shape index (κ1) is 21.8. The molecular weight excluding hydrogens is 402 g/mol. The van der Waals surface area contributed by atoms with Crippen LogP contribution in [0.15, 0.2) is 48.5 Å². The molecule has 2 N–H and O–H groups in total. The number of piperidine rings is 1. The van der Waals surface area contributed by atoms with Crippen LogP contribution in [0.25, 0.3) is 0 Å². The van der Waals surface area contributed by atoms with E-state index >= 15 is 0 Å². The molecule has 2 aromatic rings. The smallest absolute Gasteiger partial charge is 0.226 e. The molecule has 0 saturated carbocycles. The molecule has 7 heteroatoms. The van der Waals surface area contributed by atoms with E-state index in [1.54, 1.807) is 24.3 Å². The van der Waals surface area contributed by atoms with Crippen LogP contribution in [0.3, 0.4) is 0 Å². The lowest BCUT2D eigenvalue weighted by atomic mass is 10.0. The number of carbonyl (C=O) groups is 3. The highest BCUT2D eigenvalue weighted by atomic mass is 35.5. The van der Waals surface area contributed by atoms with Crippen molar-refractivity contribution in [1.29, 1.82) is 0 Å². The highest BCUT2D eigenvalue weighted by Crippen LogP contribution is 2.22. The van der Waals surface area contributed by atoms with Crippen LogP contribution < -0.4 is 15.5 Å². The van der Waals surface area contributed by atoms with Crippen molar-refractivity contribution in [3.63, 3.8) is 0 Å². The topological polar surface area (TPSA) is 78.5 Å². The Hall–Kier alpha value is -2.86. The standard InChI is InChI=1S/C23H26ClN3O3/c1-16(28)26-21(18-8-10-19(24)11-9-18)14-22(29)25-15-17-5-4-6-20(13-17)27-12-3-2-7-23(27)30/h4-6,8-11,13,21H,2-3,7,12,14-15H2,1H3,(H,25,29)(H,26,28). The lowest BCUT2D eigenvalue weighted by Gasteiger charge is -2.27. The molecule has 0 spiro atoms. The van der Waals surface area contributed by atoms with E-state index < -0.39 is 6.04 Å². The lowest BCUT2D eigenvalue weighted by molar-refractivity contribution is -0.123. The van der Waals surface area contributed by atoms with Crippen LogP contribution in [0, 0.1) is 0 Å². The number of carbonyl (C=O) groups excluding carboxylic acids is 3. The minimum atomic E-state index is -0.433. The van der Waals surface area contributed by atoms with Crippen LogP contribution >= 0.6 is 11.6 Å². The molecule has 3 amide bonds. The van der Waals surface area contributed by atoms with Crippen molar-refractivity contribution in [2.24, 2.45) is 0 Å². The Morgan fingerprint density at radius 1 is 1.13 bits per heavy atom. The van der Waals surface area contributed by atoms with E-state index in [0.29, 0.717) is 18.0 Å². The number of rotatable bonds is 7. The molecule has 0 bridgehead atoms. The van der Waals surface area contributed by atoms with Gasteiger partial charge in [-0.15, -0.1) is 0 Å². The van der Waals surface area contributed by atoms with E-state index in [1.165, 1.54) is 6.92 Å². The summed E-state index contributed by atoms with van der Waals surface area (Å²) in [6, 6.07) is 14.3. The third kappa shape index (κ3) is 6.07. The molecular formula is C23H26ClN3O3. The molecule has 158 valence electrons. The van der Waals surface area contributed by atoms with Crippen molar-refractivity contribution in [1.82, 2.24) is 10.6 Å². The lowest BCUT2D eigenvalue weighted by Crippen LogP contribution is -2.35. The average Bonchev–Trinajstić information content (AvgIpc) is 2.72. The Balaban J connectivity index is 1.61. The first-order valence-corrected chi connectivity index (χ1v) is 10.5. The maximum atomic E-state index is 12.5. The Morgan fingerprint density at radius 3 is 2.60 bits per heavy atom. The van der Waals surface area contributed by atoms with Gasteiger partial charge in [0.05, 0.1) is 12.5 Å². The maximum absolute atomic E-state index is 12.5. The van der Waals surface area contributed by atoms with E-state index in [-0.39, 0.29) is 24.1 Å². The van der Waals surface area contributed by atoms with E-state index in [0.717, 1.165) is 36.2 Å². The molecule has 30 heavy (non-hydrogen) atoms. The molecule has 1 atom stereocenters. The van der Waals surface area contributed by atoms with Crippen molar-refractivity contribution < 1.29 is 14.4 Å². The second-order valence-corrected chi connectivity index (χ2v) is 7.89. The molecule has 2 aromatic carbocycles. The molecule has 1 fully saturated rings. The van der Waals surface area contributed by atoms with Crippen LogP contribution in [0.4, 0.5) is 5.69 Å². The monoisotopic (exact) mass is 427 g/mol. The van der Waals surface area contributed by atoms with Gasteiger partial charge in [0.1, 0.15) is 0 Å². The zero-order chi connectivity index (χ0) is 21.5. The van der Waals surface area contributed by atoms with Gasteiger partial charge in [0, 0.05) is 37.1 Å². The number of benzene rings is 2. The minimum Gasteiger partial charge on any atom is -0.352 e. The van der Waals surface area contributed by atoms with E-state index in [4.69, 9.17) is 11.6 Å². The van der Waals surface area contributed by atoms with Crippen molar-refractivity contribution in [3.05, 3.63) is 64.7 Å². The van der Waals surface area contributed by atoms with Gasteiger partial charge in [-0.05, 0) is 48.2 Å². The number of hydrogen-bond donors (Lipinski definition) is 2. The van der Waals surface area contributed by atoms with Gasteiger partial charge in [0.25, 0.3) is 0 Å². The van der Waals surface area contributed by atoms with Crippen molar-refractivity contribution in [3.8, 4) is 0 Å². The van der Waals surface area contributed by atoms with Gasteiger partial charge < -0.3 is 15.5 Å². The number of hydrogen-bond acceptors (Lipinski definition) is 3. The van der Waals surface area contributed by atoms with Gasteiger partial charge in [0.2, 0.25) is 17.7 Å². The SMILES string of the molecule is CC(=O)NC(CC(=O)NCc1cccc(N2CCCCC2=O)c1)c1ccc(Cl)cc1. The van der Waals surface area contributed by atoms with Crippen molar-refractivity contribution in [2.45, 2.75) is 45.2 Å². The molecule has 1 heterocycles. The quantitative estimate of drug-likeness (QED) is 0.706. The summed E-state index contributed by atoms with van der Waals surface area (Å²) in [5.74, 6) is -0.242. The summed E-state index contributed by atoms with van der Waals surface area (Å²) < 4.78 is 0. The summed E-state index contributed by atoms with van der Waals surface area (Å²) in [6.07, 6.45) is 2.64. The largest absolute Gasteiger partial charge is 0.352 e. The van der Waals surface area contributed by atoms with E-state index in [9.17, 15) is 14.4 Å². The third-order valence-corrected chi connectivity index (χ3v) is 5.33. The van der Waals surface area contributed by atoms with Gasteiger partial charge >= 0.3 is 0 Å². The molecule has 1 aliphatic heterocycles. The predicted molar refractivity (Wildman–Crippen MR) is 117 cm³/mol. The maximum Gasteiger partial charge on any atom is 0.226 e. The summed E-state index contributed by atoms with van der Waals surface area (Å²) in [5.41, 5.74) is 2.60. The Bertz CT molecular complexity index is 914. The first-order chi connectivity index (χ1) is 14.4. The number of anilines is 1. The zero-order valence-electron chi connectivity index (χ0n) is 17.0. The van der Waals surface area contributed by atoms with Gasteiger partial charge in [-0.2, -0.15) is 0 Å². The van der Waals surface area contributed by atoms with E-state index in [1.807, 2.05) is 29.2 Å². The van der Waals surface area contributed by atoms with Gasteiger partial charge in [-0.3, -0.25) is 14.4 Å². The fraction of sp³-hybridized carbons (Fsp3) is 0.348. The van der Waals surface area contributed by atoms with E-state index in [2.05, 4.69) is 10.6 Å². The number of halogens is 1. The third-order valence-electron chi connectivity index (χ3n) is 5.07. The van der Waals surface area contributed by atoms with Crippen LogP contribution in [0.1, 0.15) is 49.8 Å². The fourth-order valence-corrected chi connectivity index (χ4v) is 3.69. The number of nitrogens with one attached hydrogen (secondary N) is 2. The summed E-state index contributed by atoms with van der Waals surface area (Å²) in [5, 5.41) is 6.31. The van der Waals surface area contributed by atoms with Crippen LogP contribution in [0.5, 0.6) is 0 Å². The van der Waals surface area contributed by atoms with Crippen LogP contribution in [-0.2, 0) is 20.9 Å². The van der Waals surface area contributed by atoms with Crippen LogP contribution in [0.2, 0.25) is 5.02 Å². The molecule has 6 nitrogen and oxygen atoms in total. The first-order valence-electron chi connectivity index (χ1n) is 10.1. The number of amides is 3. The summed E-state index contributed by atoms with van der Waals surface area (Å²) in [6.45, 7) is 2.50. The second kappa shape index (κ2) is 10.3. The molecule has 0 aromatic heterocycles. The Labute approximate surface area is 181 Å². The molecule has 1 saturated heterocycles. The summed E-state index contributed by atoms with van der Waals surface area (Å²) in [4.78, 5) is 38.1. The molecule has 3 rings (SSSR count). The molecule has 0 radical (unpaired) electrons. The second-order valence-electron chi connectivity index (χ2n) is 7.46. The Kier molecular flexibility index (Phi) is 7.46. The highest BCUT2D eigenvalue weighted by Gasteiger charge is 2.20. The normalized spacial score (nSPS) is 14.9. The molecule has 1 unspecified atom stereocenters. The van der Waals surface area contributed by atoms with Crippen molar-refractivity contribution in [2.75, 3.05) is 11.4 Å². The zero-order valence-corrected chi connectivity index (χ0v) is 17.7. The summed E-state index contributed by atoms with van der Waals surface area (Å²) in [7, 11) is 0. The average molecular weight is 428 g/mol. The fourth-order valence-electron chi connectivity index (χ4n) is 3.56. The highest BCUT2D eigenvalue weighted by molar-refractivity contribution is 6.30. The van der Waals surface area contributed by atoms with Crippen LogP contribution in [-0.4, -0.2) is 24.3 Å². The minimum absolute atomic E-state index is 0.117. The van der Waals surface area contributed by atoms with Gasteiger partial charge in [-0.1, -0.05) is 35.9 Å². The molecule has 1 aliphatic rings.